The lowest BCUT2D eigenvalue weighted by atomic mass is 10.1. The van der Waals surface area contributed by atoms with Gasteiger partial charge in [-0.3, -0.25) is 10.1 Å². The molecular formula is C17H19N5O. The standard InChI is InChI=1S/C17H19N5O/c1-2-15(23-9-1)10-22-8-7-18-16(11-22)13-3-5-14(6-4-13)17-19-12-20-21-17/h3-7,11-12,15H,1-2,8-10H2,(H,19,20,21). The van der Waals surface area contributed by atoms with Gasteiger partial charge in [0.1, 0.15) is 6.33 Å². The summed E-state index contributed by atoms with van der Waals surface area (Å²) in [5.41, 5.74) is 3.10. The number of nitrogens with one attached hydrogen (secondary N) is 1. The Hall–Kier alpha value is -2.47. The molecule has 0 bridgehead atoms. The normalized spacial score (nSPS) is 20.8. The molecule has 1 aromatic carbocycles. The van der Waals surface area contributed by atoms with Gasteiger partial charge in [0.25, 0.3) is 0 Å². The first kappa shape index (κ1) is 14.1. The van der Waals surface area contributed by atoms with E-state index in [-0.39, 0.29) is 0 Å². The molecule has 0 saturated carbocycles. The number of H-pyrrole nitrogens is 1. The fraction of sp³-hybridized carbons (Fsp3) is 0.353. The van der Waals surface area contributed by atoms with Gasteiger partial charge in [0.15, 0.2) is 5.82 Å². The molecule has 2 aliphatic heterocycles. The Morgan fingerprint density at radius 1 is 1.22 bits per heavy atom. The average Bonchev–Trinajstić information content (AvgIpc) is 3.29. The van der Waals surface area contributed by atoms with E-state index >= 15 is 0 Å². The molecule has 3 heterocycles. The van der Waals surface area contributed by atoms with Crippen LogP contribution >= 0.6 is 0 Å². The predicted octanol–water partition coefficient (Wildman–Crippen LogP) is 2.34. The lowest BCUT2D eigenvalue weighted by Crippen LogP contribution is -2.31. The Balaban J connectivity index is 1.49. The zero-order chi connectivity index (χ0) is 15.5. The van der Waals surface area contributed by atoms with Gasteiger partial charge >= 0.3 is 0 Å². The molecule has 118 valence electrons. The van der Waals surface area contributed by atoms with Crippen molar-refractivity contribution >= 4 is 11.9 Å². The van der Waals surface area contributed by atoms with Crippen molar-refractivity contribution in [1.82, 2.24) is 20.1 Å². The second kappa shape index (κ2) is 6.34. The molecule has 6 heteroatoms. The molecule has 23 heavy (non-hydrogen) atoms. The number of benzene rings is 1. The average molecular weight is 309 g/mol. The summed E-state index contributed by atoms with van der Waals surface area (Å²) in [5, 5.41) is 6.75. The first-order valence-corrected chi connectivity index (χ1v) is 7.95. The molecule has 2 aromatic rings. The van der Waals surface area contributed by atoms with Crippen LogP contribution < -0.4 is 0 Å². The molecule has 4 rings (SSSR count). The van der Waals surface area contributed by atoms with Crippen LogP contribution in [0.15, 0.2) is 41.8 Å². The third kappa shape index (κ3) is 3.17. The number of hydrogen-bond donors (Lipinski definition) is 1. The quantitative estimate of drug-likeness (QED) is 0.941. The predicted molar refractivity (Wildman–Crippen MR) is 88.8 cm³/mol. The second-order valence-corrected chi connectivity index (χ2v) is 5.83. The van der Waals surface area contributed by atoms with Crippen LogP contribution in [0.1, 0.15) is 18.4 Å². The Kier molecular flexibility index (Phi) is 3.90. The van der Waals surface area contributed by atoms with Crippen LogP contribution in [0.2, 0.25) is 0 Å². The van der Waals surface area contributed by atoms with Crippen LogP contribution in [0.25, 0.3) is 17.1 Å². The van der Waals surface area contributed by atoms with E-state index < -0.39 is 0 Å². The van der Waals surface area contributed by atoms with Gasteiger partial charge in [-0.05, 0) is 12.8 Å². The maximum absolute atomic E-state index is 5.72. The van der Waals surface area contributed by atoms with E-state index in [0.717, 1.165) is 48.8 Å². The van der Waals surface area contributed by atoms with Crippen molar-refractivity contribution in [3.63, 3.8) is 0 Å². The number of aromatic nitrogens is 3. The molecule has 1 atom stereocenters. The van der Waals surface area contributed by atoms with Gasteiger partial charge in [-0.25, -0.2) is 4.98 Å². The van der Waals surface area contributed by atoms with Crippen molar-refractivity contribution in [2.45, 2.75) is 18.9 Å². The van der Waals surface area contributed by atoms with Crippen LogP contribution in [0.5, 0.6) is 0 Å². The van der Waals surface area contributed by atoms with Gasteiger partial charge in [-0.1, -0.05) is 24.3 Å². The summed E-state index contributed by atoms with van der Waals surface area (Å²) in [4.78, 5) is 11.0. The molecule has 0 amide bonds. The van der Waals surface area contributed by atoms with Crippen LogP contribution in [-0.4, -0.2) is 52.1 Å². The van der Waals surface area contributed by atoms with Gasteiger partial charge in [0.05, 0.1) is 18.3 Å². The molecule has 1 aromatic heterocycles. The minimum absolute atomic E-state index is 0.354. The van der Waals surface area contributed by atoms with Crippen molar-refractivity contribution < 1.29 is 4.74 Å². The summed E-state index contributed by atoms with van der Waals surface area (Å²) in [5.74, 6) is 0.776. The number of hydrogen-bond acceptors (Lipinski definition) is 5. The zero-order valence-electron chi connectivity index (χ0n) is 12.9. The van der Waals surface area contributed by atoms with Crippen molar-refractivity contribution in [1.29, 1.82) is 0 Å². The van der Waals surface area contributed by atoms with E-state index in [2.05, 4.69) is 43.4 Å². The van der Waals surface area contributed by atoms with Gasteiger partial charge < -0.3 is 9.64 Å². The monoisotopic (exact) mass is 309 g/mol. The topological polar surface area (TPSA) is 66.4 Å². The van der Waals surface area contributed by atoms with E-state index in [1.807, 2.05) is 18.3 Å². The fourth-order valence-electron chi connectivity index (χ4n) is 2.97. The number of nitrogens with zero attached hydrogens (tertiary/aromatic N) is 4. The summed E-state index contributed by atoms with van der Waals surface area (Å²) >= 11 is 0. The molecule has 1 unspecified atom stereocenters. The zero-order valence-corrected chi connectivity index (χ0v) is 12.9. The maximum atomic E-state index is 5.72. The summed E-state index contributed by atoms with van der Waals surface area (Å²) in [6, 6.07) is 8.20. The lowest BCUT2D eigenvalue weighted by molar-refractivity contribution is 0.0900. The molecule has 6 nitrogen and oxygen atoms in total. The van der Waals surface area contributed by atoms with Crippen molar-refractivity contribution in [2.24, 2.45) is 4.99 Å². The third-order valence-electron chi connectivity index (χ3n) is 4.18. The fourth-order valence-corrected chi connectivity index (χ4v) is 2.97. The van der Waals surface area contributed by atoms with Gasteiger partial charge in [-0.2, -0.15) is 5.10 Å². The van der Waals surface area contributed by atoms with Crippen molar-refractivity contribution in [2.75, 3.05) is 19.7 Å². The number of ether oxygens (including phenoxy) is 1. The number of aromatic amines is 1. The smallest absolute Gasteiger partial charge is 0.155 e. The molecule has 0 radical (unpaired) electrons. The summed E-state index contributed by atoms with van der Waals surface area (Å²) in [7, 11) is 0. The van der Waals surface area contributed by atoms with E-state index in [0.29, 0.717) is 6.10 Å². The van der Waals surface area contributed by atoms with E-state index in [4.69, 9.17) is 4.74 Å². The molecule has 0 spiro atoms. The van der Waals surface area contributed by atoms with E-state index in [9.17, 15) is 0 Å². The second-order valence-electron chi connectivity index (χ2n) is 5.83. The Morgan fingerprint density at radius 2 is 2.09 bits per heavy atom. The Bertz CT molecular complexity index is 699. The third-order valence-corrected chi connectivity index (χ3v) is 4.18. The van der Waals surface area contributed by atoms with E-state index in [1.165, 1.54) is 12.7 Å². The number of aliphatic imine (C=N–C) groups is 1. The van der Waals surface area contributed by atoms with Crippen LogP contribution in [0.4, 0.5) is 0 Å². The van der Waals surface area contributed by atoms with Gasteiger partial charge in [0, 0.05) is 36.7 Å². The highest BCUT2D eigenvalue weighted by atomic mass is 16.5. The van der Waals surface area contributed by atoms with Crippen molar-refractivity contribution in [3.8, 4) is 11.4 Å². The highest BCUT2D eigenvalue weighted by molar-refractivity contribution is 5.77. The molecule has 1 saturated heterocycles. The van der Waals surface area contributed by atoms with Crippen molar-refractivity contribution in [3.05, 3.63) is 42.4 Å². The van der Waals surface area contributed by atoms with Gasteiger partial charge in [0.2, 0.25) is 0 Å². The number of rotatable bonds is 4. The minimum Gasteiger partial charge on any atom is -0.376 e. The SMILES string of the molecule is C1=NC(c2ccc(-c3ncn[nH]3)cc2)=CN(CC2CCCO2)C1. The Labute approximate surface area is 134 Å². The first-order valence-electron chi connectivity index (χ1n) is 7.95. The van der Waals surface area contributed by atoms with Crippen LogP contribution in [0, 0.1) is 0 Å². The summed E-state index contributed by atoms with van der Waals surface area (Å²) < 4.78 is 5.72. The minimum atomic E-state index is 0.354. The molecule has 2 aliphatic rings. The maximum Gasteiger partial charge on any atom is 0.155 e. The molecule has 1 fully saturated rings. The first-order chi connectivity index (χ1) is 11.4. The highest BCUT2D eigenvalue weighted by Gasteiger charge is 2.19. The van der Waals surface area contributed by atoms with E-state index in [1.54, 1.807) is 0 Å². The van der Waals surface area contributed by atoms with Crippen LogP contribution in [-0.2, 0) is 4.74 Å². The summed E-state index contributed by atoms with van der Waals surface area (Å²) in [6.45, 7) is 2.68. The lowest BCUT2D eigenvalue weighted by Gasteiger charge is -2.25. The largest absolute Gasteiger partial charge is 0.376 e. The molecular weight excluding hydrogens is 290 g/mol. The van der Waals surface area contributed by atoms with Gasteiger partial charge in [-0.15, -0.1) is 0 Å². The Morgan fingerprint density at radius 3 is 2.83 bits per heavy atom. The summed E-state index contributed by atoms with van der Waals surface area (Å²) in [6.07, 6.45) is 8.29. The van der Waals surface area contributed by atoms with Crippen LogP contribution in [0.3, 0.4) is 0 Å². The molecule has 0 aliphatic carbocycles. The highest BCUT2D eigenvalue weighted by Crippen LogP contribution is 2.23. The molecule has 1 N–H and O–H groups in total.